The summed E-state index contributed by atoms with van der Waals surface area (Å²) in [6, 6.07) is 16.1. The van der Waals surface area contributed by atoms with Crippen molar-refractivity contribution in [3.05, 3.63) is 84.1 Å². The van der Waals surface area contributed by atoms with Gasteiger partial charge in [-0.1, -0.05) is 36.4 Å². The molecule has 0 aliphatic rings. The van der Waals surface area contributed by atoms with E-state index in [9.17, 15) is 9.18 Å². The fourth-order valence-corrected chi connectivity index (χ4v) is 2.88. The summed E-state index contributed by atoms with van der Waals surface area (Å²) in [6.07, 6.45) is 3.13. The van der Waals surface area contributed by atoms with Gasteiger partial charge in [0.15, 0.2) is 0 Å². The lowest BCUT2D eigenvalue weighted by Crippen LogP contribution is -2.17. The number of carbonyl (C=O) groups excluding carboxylic acids is 1. The van der Waals surface area contributed by atoms with E-state index < -0.39 is 0 Å². The first kappa shape index (κ1) is 15.1. The number of benzene rings is 2. The molecule has 4 rings (SSSR count). The zero-order chi connectivity index (χ0) is 17.2. The van der Waals surface area contributed by atoms with Crippen LogP contribution in [0.5, 0.6) is 0 Å². The van der Waals surface area contributed by atoms with Crippen LogP contribution in [0.3, 0.4) is 0 Å². The van der Waals surface area contributed by atoms with E-state index in [0.717, 1.165) is 10.9 Å². The fourth-order valence-electron chi connectivity index (χ4n) is 2.88. The Morgan fingerprint density at radius 1 is 1.16 bits per heavy atom. The van der Waals surface area contributed by atoms with Crippen LogP contribution in [0.15, 0.2) is 67.0 Å². The molecule has 2 aromatic heterocycles. The monoisotopic (exact) mass is 334 g/mol. The van der Waals surface area contributed by atoms with Gasteiger partial charge in [-0.2, -0.15) is 5.10 Å². The number of rotatable bonds is 4. The third-order valence-electron chi connectivity index (χ3n) is 4.09. The highest BCUT2D eigenvalue weighted by Crippen LogP contribution is 2.23. The first-order valence-electron chi connectivity index (χ1n) is 7.84. The molecule has 2 heterocycles. The number of hydrogen-bond acceptors (Lipinski definition) is 2. The lowest BCUT2D eigenvalue weighted by atomic mass is 10.2. The number of nitrogens with one attached hydrogen (secondary N) is 2. The second-order valence-corrected chi connectivity index (χ2v) is 5.71. The molecular formula is C19H15FN4O. The highest BCUT2D eigenvalue weighted by molar-refractivity contribution is 6.06. The number of aromatic amines is 1. The van der Waals surface area contributed by atoms with Crippen LogP contribution in [0.1, 0.15) is 16.1 Å². The topological polar surface area (TPSA) is 62.7 Å². The summed E-state index contributed by atoms with van der Waals surface area (Å²) >= 11 is 0. The second-order valence-electron chi connectivity index (χ2n) is 5.71. The Morgan fingerprint density at radius 2 is 1.96 bits per heavy atom. The molecule has 25 heavy (non-hydrogen) atoms. The van der Waals surface area contributed by atoms with E-state index in [-0.39, 0.29) is 18.3 Å². The molecule has 0 aliphatic carbocycles. The smallest absolute Gasteiger partial charge is 0.272 e. The average Bonchev–Trinajstić information content (AvgIpc) is 3.25. The zero-order valence-electron chi connectivity index (χ0n) is 13.2. The number of halogens is 1. The summed E-state index contributed by atoms with van der Waals surface area (Å²) in [7, 11) is 0. The van der Waals surface area contributed by atoms with Gasteiger partial charge in [-0.25, -0.2) is 4.39 Å². The molecule has 0 spiro atoms. The van der Waals surface area contributed by atoms with E-state index in [1.54, 1.807) is 24.4 Å². The molecular weight excluding hydrogens is 319 g/mol. The number of amides is 1. The first-order valence-corrected chi connectivity index (χ1v) is 7.84. The molecule has 4 aromatic rings. The molecule has 0 bridgehead atoms. The quantitative estimate of drug-likeness (QED) is 0.596. The lowest BCUT2D eigenvalue weighted by molar-refractivity contribution is 0.101. The number of H-pyrrole nitrogens is 1. The second kappa shape index (κ2) is 6.24. The minimum absolute atomic E-state index is 0.270. The van der Waals surface area contributed by atoms with Gasteiger partial charge in [0.05, 0.1) is 18.4 Å². The van der Waals surface area contributed by atoms with Gasteiger partial charge in [-0.05, 0) is 18.2 Å². The van der Waals surface area contributed by atoms with E-state index in [1.165, 1.54) is 12.3 Å². The molecule has 124 valence electrons. The Labute approximate surface area is 143 Å². The number of aromatic nitrogens is 3. The predicted octanol–water partition coefficient (Wildman–Crippen LogP) is 3.80. The van der Waals surface area contributed by atoms with Crippen molar-refractivity contribution in [2.75, 3.05) is 5.32 Å². The summed E-state index contributed by atoms with van der Waals surface area (Å²) in [5.74, 6) is -0.560. The van der Waals surface area contributed by atoms with Gasteiger partial charge >= 0.3 is 0 Å². The molecule has 0 atom stereocenters. The van der Waals surface area contributed by atoms with Gasteiger partial charge in [-0.15, -0.1) is 0 Å². The normalized spacial score (nSPS) is 10.9. The molecule has 2 N–H and O–H groups in total. The van der Waals surface area contributed by atoms with Crippen molar-refractivity contribution in [1.82, 2.24) is 14.8 Å². The Morgan fingerprint density at radius 3 is 2.76 bits per heavy atom. The van der Waals surface area contributed by atoms with Crippen LogP contribution in [-0.4, -0.2) is 20.7 Å². The minimum Gasteiger partial charge on any atom is -0.332 e. The summed E-state index contributed by atoms with van der Waals surface area (Å²) in [4.78, 5) is 12.7. The maximum Gasteiger partial charge on any atom is 0.272 e. The Hall–Kier alpha value is -3.41. The van der Waals surface area contributed by atoms with Crippen molar-refractivity contribution < 1.29 is 9.18 Å². The average molecular weight is 334 g/mol. The van der Waals surface area contributed by atoms with Crippen LogP contribution in [0.4, 0.5) is 10.1 Å². The zero-order valence-corrected chi connectivity index (χ0v) is 13.2. The van der Waals surface area contributed by atoms with Gasteiger partial charge in [0.25, 0.3) is 5.91 Å². The summed E-state index contributed by atoms with van der Waals surface area (Å²) in [5.41, 5.74) is 2.45. The molecule has 6 heteroatoms. The molecule has 5 nitrogen and oxygen atoms in total. The van der Waals surface area contributed by atoms with Crippen molar-refractivity contribution in [2.45, 2.75) is 6.54 Å². The van der Waals surface area contributed by atoms with Crippen molar-refractivity contribution in [3.8, 4) is 0 Å². The molecule has 2 aromatic carbocycles. The fraction of sp³-hybridized carbons (Fsp3) is 0.0526. The molecule has 0 saturated carbocycles. The van der Waals surface area contributed by atoms with Gasteiger partial charge < -0.3 is 9.88 Å². The van der Waals surface area contributed by atoms with Gasteiger partial charge in [0.1, 0.15) is 11.5 Å². The number of carbonyl (C=O) groups is 1. The van der Waals surface area contributed by atoms with Crippen molar-refractivity contribution in [2.24, 2.45) is 0 Å². The van der Waals surface area contributed by atoms with Crippen LogP contribution in [0, 0.1) is 5.82 Å². The molecule has 0 radical (unpaired) electrons. The van der Waals surface area contributed by atoms with Crippen LogP contribution in [0.25, 0.3) is 10.9 Å². The minimum atomic E-state index is -0.290. The van der Waals surface area contributed by atoms with E-state index in [2.05, 4.69) is 15.5 Å². The molecule has 0 unspecified atom stereocenters. The van der Waals surface area contributed by atoms with Crippen LogP contribution < -0.4 is 5.32 Å². The number of para-hydroxylation sites is 1. The Balaban J connectivity index is 1.78. The number of nitrogens with zero attached hydrogens (tertiary/aromatic N) is 2. The van der Waals surface area contributed by atoms with Gasteiger partial charge in [0, 0.05) is 22.7 Å². The van der Waals surface area contributed by atoms with E-state index in [4.69, 9.17) is 0 Å². The molecule has 0 aliphatic heterocycles. The Bertz CT molecular complexity index is 1040. The first-order chi connectivity index (χ1) is 12.2. The highest BCUT2D eigenvalue weighted by atomic mass is 19.1. The van der Waals surface area contributed by atoms with Crippen LogP contribution in [-0.2, 0) is 6.54 Å². The van der Waals surface area contributed by atoms with E-state index in [1.807, 2.05) is 34.9 Å². The number of fused-ring (bicyclic) bond motifs is 1. The van der Waals surface area contributed by atoms with Gasteiger partial charge in [-0.3, -0.25) is 9.89 Å². The number of hydrogen-bond donors (Lipinski definition) is 2. The lowest BCUT2D eigenvalue weighted by Gasteiger charge is -2.11. The highest BCUT2D eigenvalue weighted by Gasteiger charge is 2.17. The molecule has 1 amide bonds. The summed E-state index contributed by atoms with van der Waals surface area (Å²) < 4.78 is 15.9. The maximum absolute atomic E-state index is 14.1. The third kappa shape index (κ3) is 2.89. The Kier molecular flexibility index (Phi) is 3.78. The van der Waals surface area contributed by atoms with Crippen molar-refractivity contribution in [1.29, 1.82) is 0 Å². The SMILES string of the molecule is O=C(Nc1cn[nH]c1)c1cc2ccccc2n1Cc1ccccc1F. The van der Waals surface area contributed by atoms with Gasteiger partial charge in [0.2, 0.25) is 0 Å². The summed E-state index contributed by atoms with van der Waals surface area (Å²) in [6.45, 7) is 0.272. The van der Waals surface area contributed by atoms with E-state index in [0.29, 0.717) is 16.9 Å². The number of anilines is 1. The van der Waals surface area contributed by atoms with Crippen molar-refractivity contribution in [3.63, 3.8) is 0 Å². The predicted molar refractivity (Wildman–Crippen MR) is 94.0 cm³/mol. The summed E-state index contributed by atoms with van der Waals surface area (Å²) in [5, 5.41) is 10.2. The van der Waals surface area contributed by atoms with Crippen LogP contribution >= 0.6 is 0 Å². The third-order valence-corrected chi connectivity index (χ3v) is 4.09. The van der Waals surface area contributed by atoms with Crippen molar-refractivity contribution >= 4 is 22.5 Å². The molecule has 0 saturated heterocycles. The standard InChI is InChI=1S/C19H15FN4O/c20-16-7-3-1-6-14(16)12-24-17-8-4-2-5-13(17)9-18(24)19(25)23-15-10-21-22-11-15/h1-11H,12H2,(H,21,22)(H,23,25). The largest absolute Gasteiger partial charge is 0.332 e. The van der Waals surface area contributed by atoms with Crippen LogP contribution in [0.2, 0.25) is 0 Å². The molecule has 0 fully saturated rings. The van der Waals surface area contributed by atoms with E-state index >= 15 is 0 Å². The maximum atomic E-state index is 14.1.